The number of rotatable bonds is 15. The van der Waals surface area contributed by atoms with Gasteiger partial charge in [-0.05, 0) is 38.5 Å². The van der Waals surface area contributed by atoms with Crippen molar-refractivity contribution in [3.63, 3.8) is 0 Å². The van der Waals surface area contributed by atoms with Crippen LogP contribution in [0, 0.1) is 0 Å². The van der Waals surface area contributed by atoms with Crippen LogP contribution in [0.1, 0.15) is 51.9 Å². The van der Waals surface area contributed by atoms with Crippen molar-refractivity contribution in [3.05, 3.63) is 0 Å². The van der Waals surface area contributed by atoms with Crippen LogP contribution in [0.2, 0.25) is 0 Å². The Balaban J connectivity index is 2.99. The highest BCUT2D eigenvalue weighted by molar-refractivity contribution is 5.75. The molecular weight excluding hydrogens is 258 g/mol. The maximum absolute atomic E-state index is 11.0. The van der Waals surface area contributed by atoms with E-state index >= 15 is 0 Å². The molecule has 0 radical (unpaired) electrons. The van der Waals surface area contributed by atoms with Gasteiger partial charge in [-0.1, -0.05) is 6.92 Å². The van der Waals surface area contributed by atoms with E-state index in [0.717, 1.165) is 64.6 Å². The van der Waals surface area contributed by atoms with Gasteiger partial charge in [0.2, 0.25) is 5.91 Å². The Bertz CT molecular complexity index is 234. The number of unbranched alkanes of at least 4 members (excludes halogenated alkanes) is 4. The molecule has 0 bridgehead atoms. The molecule has 0 saturated carbocycles. The average Bonchev–Trinajstić information content (AvgIpc) is 2.47. The molecule has 0 aliphatic carbocycles. The van der Waals surface area contributed by atoms with Crippen LogP contribution in [-0.4, -0.2) is 45.2 Å². The summed E-state index contributed by atoms with van der Waals surface area (Å²) in [4.78, 5) is 21.0. The SMILES string of the molecule is CCC(=O)NCCCCCOCCCCCOCC=O. The van der Waals surface area contributed by atoms with Crippen molar-refractivity contribution in [3.8, 4) is 0 Å². The topological polar surface area (TPSA) is 64.6 Å². The van der Waals surface area contributed by atoms with Crippen molar-refractivity contribution in [2.45, 2.75) is 51.9 Å². The Morgan fingerprint density at radius 2 is 1.55 bits per heavy atom. The molecule has 5 nitrogen and oxygen atoms in total. The summed E-state index contributed by atoms with van der Waals surface area (Å²) in [6.07, 6.45) is 7.57. The second kappa shape index (κ2) is 16.1. The minimum atomic E-state index is 0.123. The summed E-state index contributed by atoms with van der Waals surface area (Å²) in [6, 6.07) is 0. The van der Waals surface area contributed by atoms with Crippen LogP contribution < -0.4 is 5.32 Å². The van der Waals surface area contributed by atoms with E-state index in [1.165, 1.54) is 0 Å². The van der Waals surface area contributed by atoms with Crippen molar-refractivity contribution >= 4 is 12.2 Å². The molecule has 1 N–H and O–H groups in total. The highest BCUT2D eigenvalue weighted by Gasteiger charge is 1.96. The summed E-state index contributed by atoms with van der Waals surface area (Å²) in [5.41, 5.74) is 0. The molecule has 118 valence electrons. The second-order valence-corrected chi connectivity index (χ2v) is 4.68. The molecule has 0 spiro atoms. The van der Waals surface area contributed by atoms with Crippen molar-refractivity contribution in [1.29, 1.82) is 0 Å². The maximum Gasteiger partial charge on any atom is 0.219 e. The predicted molar refractivity (Wildman–Crippen MR) is 78.7 cm³/mol. The van der Waals surface area contributed by atoms with Gasteiger partial charge in [0.25, 0.3) is 0 Å². The van der Waals surface area contributed by atoms with E-state index in [1.807, 2.05) is 6.92 Å². The quantitative estimate of drug-likeness (QED) is 0.370. The molecular formula is C15H29NO4. The van der Waals surface area contributed by atoms with Crippen LogP contribution >= 0.6 is 0 Å². The van der Waals surface area contributed by atoms with Gasteiger partial charge in [-0.15, -0.1) is 0 Å². The normalized spacial score (nSPS) is 10.4. The number of ether oxygens (including phenoxy) is 2. The minimum absolute atomic E-state index is 0.123. The first-order chi connectivity index (χ1) is 9.81. The van der Waals surface area contributed by atoms with Gasteiger partial charge in [0, 0.05) is 32.8 Å². The predicted octanol–water partition coefficient (Wildman–Crippen LogP) is 2.09. The number of aldehydes is 1. The number of carbonyl (C=O) groups is 2. The monoisotopic (exact) mass is 287 g/mol. The molecule has 20 heavy (non-hydrogen) atoms. The highest BCUT2D eigenvalue weighted by Crippen LogP contribution is 1.99. The summed E-state index contributed by atoms with van der Waals surface area (Å²) in [5, 5.41) is 2.86. The molecule has 0 rings (SSSR count). The summed E-state index contributed by atoms with van der Waals surface area (Å²) in [5.74, 6) is 0.123. The largest absolute Gasteiger partial charge is 0.381 e. The summed E-state index contributed by atoms with van der Waals surface area (Å²) < 4.78 is 10.6. The van der Waals surface area contributed by atoms with E-state index < -0.39 is 0 Å². The van der Waals surface area contributed by atoms with E-state index in [0.29, 0.717) is 13.0 Å². The third kappa shape index (κ3) is 15.1. The molecule has 0 aliphatic heterocycles. The van der Waals surface area contributed by atoms with Crippen molar-refractivity contribution in [1.82, 2.24) is 5.32 Å². The van der Waals surface area contributed by atoms with Gasteiger partial charge in [0.1, 0.15) is 12.9 Å². The Morgan fingerprint density at radius 1 is 0.950 bits per heavy atom. The van der Waals surface area contributed by atoms with Gasteiger partial charge in [0.05, 0.1) is 0 Å². The maximum atomic E-state index is 11.0. The van der Waals surface area contributed by atoms with Crippen molar-refractivity contribution in [2.24, 2.45) is 0 Å². The Kier molecular flexibility index (Phi) is 15.4. The first-order valence-corrected chi connectivity index (χ1v) is 7.67. The molecule has 0 unspecified atom stereocenters. The number of hydrogen-bond donors (Lipinski definition) is 1. The highest BCUT2D eigenvalue weighted by atomic mass is 16.5. The van der Waals surface area contributed by atoms with Crippen LogP contribution in [0.4, 0.5) is 0 Å². The Morgan fingerprint density at radius 3 is 2.15 bits per heavy atom. The number of hydrogen-bond acceptors (Lipinski definition) is 4. The molecule has 0 aromatic rings. The summed E-state index contributed by atoms with van der Waals surface area (Å²) >= 11 is 0. The molecule has 5 heteroatoms. The van der Waals surface area contributed by atoms with Gasteiger partial charge in [-0.25, -0.2) is 0 Å². The molecule has 0 heterocycles. The first kappa shape index (κ1) is 19.1. The number of carbonyl (C=O) groups excluding carboxylic acids is 2. The lowest BCUT2D eigenvalue weighted by molar-refractivity contribution is -0.120. The van der Waals surface area contributed by atoms with Crippen LogP contribution in [0.3, 0.4) is 0 Å². The van der Waals surface area contributed by atoms with E-state index in [4.69, 9.17) is 9.47 Å². The van der Waals surface area contributed by atoms with Gasteiger partial charge >= 0.3 is 0 Å². The number of nitrogens with one attached hydrogen (secondary N) is 1. The third-order valence-corrected chi connectivity index (χ3v) is 2.87. The smallest absolute Gasteiger partial charge is 0.219 e. The lowest BCUT2D eigenvalue weighted by atomic mass is 10.2. The summed E-state index contributed by atoms with van der Waals surface area (Å²) in [6.45, 7) is 5.08. The molecule has 0 fully saturated rings. The van der Waals surface area contributed by atoms with E-state index in [1.54, 1.807) is 0 Å². The zero-order chi connectivity index (χ0) is 14.9. The van der Waals surface area contributed by atoms with Gasteiger partial charge in [0.15, 0.2) is 0 Å². The van der Waals surface area contributed by atoms with Gasteiger partial charge in [-0.2, -0.15) is 0 Å². The van der Waals surface area contributed by atoms with Crippen molar-refractivity contribution < 1.29 is 19.1 Å². The standard InChI is InChI=1S/C15H29NO4/c1-2-15(18)16-9-5-3-6-11-19-12-7-4-8-13-20-14-10-17/h10H,2-9,11-14H2,1H3,(H,16,18). The summed E-state index contributed by atoms with van der Waals surface area (Å²) in [7, 11) is 0. The third-order valence-electron chi connectivity index (χ3n) is 2.87. The van der Waals surface area contributed by atoms with E-state index in [2.05, 4.69) is 5.32 Å². The van der Waals surface area contributed by atoms with Crippen LogP contribution in [0.25, 0.3) is 0 Å². The lowest BCUT2D eigenvalue weighted by Crippen LogP contribution is -2.23. The zero-order valence-corrected chi connectivity index (χ0v) is 12.7. The van der Waals surface area contributed by atoms with Gasteiger partial charge < -0.3 is 19.6 Å². The number of amides is 1. The van der Waals surface area contributed by atoms with Crippen LogP contribution in [0.5, 0.6) is 0 Å². The molecule has 0 aromatic heterocycles. The molecule has 1 amide bonds. The van der Waals surface area contributed by atoms with E-state index in [-0.39, 0.29) is 12.5 Å². The van der Waals surface area contributed by atoms with Crippen LogP contribution in [0.15, 0.2) is 0 Å². The zero-order valence-electron chi connectivity index (χ0n) is 12.7. The Hall–Kier alpha value is -0.940. The minimum Gasteiger partial charge on any atom is -0.381 e. The molecule has 0 atom stereocenters. The fourth-order valence-corrected chi connectivity index (χ4v) is 1.68. The second-order valence-electron chi connectivity index (χ2n) is 4.68. The molecule has 0 aliphatic rings. The lowest BCUT2D eigenvalue weighted by Gasteiger charge is -2.05. The first-order valence-electron chi connectivity index (χ1n) is 7.67. The molecule has 0 aromatic carbocycles. The van der Waals surface area contributed by atoms with E-state index in [9.17, 15) is 9.59 Å². The van der Waals surface area contributed by atoms with Crippen LogP contribution in [-0.2, 0) is 19.1 Å². The van der Waals surface area contributed by atoms with Crippen molar-refractivity contribution in [2.75, 3.05) is 33.0 Å². The average molecular weight is 287 g/mol. The Labute approximate surface area is 122 Å². The van der Waals surface area contributed by atoms with Gasteiger partial charge in [-0.3, -0.25) is 4.79 Å². The fourth-order valence-electron chi connectivity index (χ4n) is 1.68. The fraction of sp³-hybridized carbons (Fsp3) is 0.867. The molecule has 0 saturated heterocycles.